The van der Waals surface area contributed by atoms with Gasteiger partial charge in [-0.3, -0.25) is 9.36 Å². The normalized spacial score (nSPS) is 14.7. The number of aromatic nitrogens is 1. The van der Waals surface area contributed by atoms with Crippen LogP contribution < -0.4 is 19.6 Å². The minimum atomic E-state index is -0.812. The number of furan rings is 1. The van der Waals surface area contributed by atoms with Crippen LogP contribution in [-0.4, -0.2) is 36.3 Å². The molecule has 234 valence electrons. The fourth-order valence-electron chi connectivity index (χ4n) is 5.19. The lowest BCUT2D eigenvalue weighted by Crippen LogP contribution is -2.40. The van der Waals surface area contributed by atoms with E-state index in [0.717, 1.165) is 6.42 Å². The average Bonchev–Trinajstić information content (AvgIpc) is 3.60. The molecule has 1 aliphatic heterocycles. The van der Waals surface area contributed by atoms with Crippen molar-refractivity contribution in [2.24, 2.45) is 4.99 Å². The second-order valence-corrected chi connectivity index (χ2v) is 11.9. The summed E-state index contributed by atoms with van der Waals surface area (Å²) in [6.45, 7) is 7.46. The quantitative estimate of drug-likeness (QED) is 0.192. The summed E-state index contributed by atoms with van der Waals surface area (Å²) in [5.41, 5.74) is 1.94. The van der Waals surface area contributed by atoms with Gasteiger partial charge in [0.2, 0.25) is 0 Å². The maximum absolute atomic E-state index is 14.1. The number of halogens is 1. The Morgan fingerprint density at radius 3 is 2.60 bits per heavy atom. The number of carbonyl (C=O) groups excluding carboxylic acids is 2. The number of methoxy groups -OCH3 is 1. The standard InChI is InChI=1S/C34H33ClN2O7S/c1-6-10-25-29(33(40)42-7-2)30(23-11-8-9-12-26(23)41-5)37-31(38)28(45-34(37)36-25)18-21-14-16-27(44-21)24-17-20(35)13-15-22(24)32(39)43-19(3)4/h8-9,11-19,30H,6-7,10H2,1-5H3/b28-18+/t30-/m1/s1. The average molecular weight is 649 g/mol. The highest BCUT2D eigenvalue weighted by molar-refractivity contribution is 7.07. The van der Waals surface area contributed by atoms with Crippen molar-refractivity contribution >= 4 is 41.0 Å². The molecular formula is C34H33ClN2O7S. The van der Waals surface area contributed by atoms with E-state index < -0.39 is 18.0 Å². The van der Waals surface area contributed by atoms with Gasteiger partial charge in [-0.05, 0) is 63.6 Å². The zero-order valence-electron chi connectivity index (χ0n) is 25.6. The molecule has 0 saturated carbocycles. The summed E-state index contributed by atoms with van der Waals surface area (Å²) < 4.78 is 24.5. The van der Waals surface area contributed by atoms with Gasteiger partial charge in [0.05, 0.1) is 41.2 Å². The van der Waals surface area contributed by atoms with Crippen molar-refractivity contribution in [2.45, 2.75) is 52.7 Å². The van der Waals surface area contributed by atoms with Crippen molar-refractivity contribution in [3.8, 4) is 17.1 Å². The highest BCUT2D eigenvalue weighted by atomic mass is 35.5. The Bertz CT molecular complexity index is 1970. The zero-order chi connectivity index (χ0) is 32.2. The summed E-state index contributed by atoms with van der Waals surface area (Å²) in [6, 6.07) is 14.7. The maximum atomic E-state index is 14.1. The highest BCUT2D eigenvalue weighted by Crippen LogP contribution is 2.37. The van der Waals surface area contributed by atoms with Crippen molar-refractivity contribution < 1.29 is 28.2 Å². The molecule has 0 unspecified atom stereocenters. The molecule has 0 bridgehead atoms. The first kappa shape index (κ1) is 32.0. The van der Waals surface area contributed by atoms with Gasteiger partial charge in [0.1, 0.15) is 23.3 Å². The lowest BCUT2D eigenvalue weighted by molar-refractivity contribution is -0.139. The number of thiazole rings is 1. The van der Waals surface area contributed by atoms with E-state index in [-0.39, 0.29) is 18.3 Å². The lowest BCUT2D eigenvalue weighted by atomic mass is 9.93. The number of ether oxygens (including phenoxy) is 3. The number of nitrogens with zero attached hydrogens (tertiary/aromatic N) is 2. The van der Waals surface area contributed by atoms with Gasteiger partial charge in [-0.15, -0.1) is 0 Å². The Hall–Kier alpha value is -4.41. The molecule has 3 heterocycles. The molecule has 0 spiro atoms. The molecule has 11 heteroatoms. The molecule has 9 nitrogen and oxygen atoms in total. The Balaban J connectivity index is 1.66. The molecule has 0 aliphatic carbocycles. The third-order valence-corrected chi connectivity index (χ3v) is 8.25. The van der Waals surface area contributed by atoms with Gasteiger partial charge >= 0.3 is 11.9 Å². The molecule has 1 atom stereocenters. The molecule has 4 aromatic rings. The number of esters is 2. The van der Waals surface area contributed by atoms with Crippen molar-refractivity contribution in [1.29, 1.82) is 0 Å². The van der Waals surface area contributed by atoms with Crippen molar-refractivity contribution in [2.75, 3.05) is 13.7 Å². The van der Waals surface area contributed by atoms with Gasteiger partial charge in [0.15, 0.2) is 4.80 Å². The Kier molecular flexibility index (Phi) is 9.74. The SMILES string of the molecule is CCCC1=C(C(=O)OCC)[C@@H](c2ccccc2OC)n2c(s/c(=C/c3ccc(-c4cc(Cl)ccc4C(=O)OC(C)C)o3)c2=O)=N1. The molecule has 0 N–H and O–H groups in total. The molecule has 0 fully saturated rings. The van der Waals surface area contributed by atoms with Crippen LogP contribution in [0.2, 0.25) is 5.02 Å². The molecule has 0 amide bonds. The van der Waals surface area contributed by atoms with E-state index in [0.29, 0.717) is 66.0 Å². The zero-order valence-corrected chi connectivity index (χ0v) is 27.2. The minimum Gasteiger partial charge on any atom is -0.496 e. The molecular weight excluding hydrogens is 616 g/mol. The van der Waals surface area contributed by atoms with Crippen molar-refractivity contribution in [1.82, 2.24) is 4.57 Å². The van der Waals surface area contributed by atoms with Crippen LogP contribution in [0.3, 0.4) is 0 Å². The maximum Gasteiger partial charge on any atom is 0.339 e. The minimum absolute atomic E-state index is 0.176. The summed E-state index contributed by atoms with van der Waals surface area (Å²) in [5.74, 6) is 0.263. The first-order valence-corrected chi connectivity index (χ1v) is 15.8. The molecule has 0 radical (unpaired) electrons. The summed E-state index contributed by atoms with van der Waals surface area (Å²) in [7, 11) is 1.55. The van der Waals surface area contributed by atoms with Gasteiger partial charge in [-0.25, -0.2) is 14.6 Å². The van der Waals surface area contributed by atoms with E-state index >= 15 is 0 Å². The second kappa shape index (κ2) is 13.7. The molecule has 0 saturated heterocycles. The number of fused-ring (bicyclic) bond motifs is 1. The Morgan fingerprint density at radius 1 is 1.11 bits per heavy atom. The summed E-state index contributed by atoms with van der Waals surface area (Å²) in [4.78, 5) is 45.6. The summed E-state index contributed by atoms with van der Waals surface area (Å²) in [6.07, 6.45) is 2.58. The van der Waals surface area contributed by atoms with Crippen LogP contribution in [-0.2, 0) is 14.3 Å². The summed E-state index contributed by atoms with van der Waals surface area (Å²) in [5, 5.41) is 0.425. The van der Waals surface area contributed by atoms with Crippen LogP contribution in [0.25, 0.3) is 17.4 Å². The van der Waals surface area contributed by atoms with Crippen LogP contribution in [0.15, 0.2) is 80.1 Å². The first-order chi connectivity index (χ1) is 21.7. The number of allylic oxidation sites excluding steroid dienone is 1. The number of hydrogen-bond donors (Lipinski definition) is 0. The molecule has 2 aromatic carbocycles. The smallest absolute Gasteiger partial charge is 0.339 e. The van der Waals surface area contributed by atoms with Crippen molar-refractivity contribution in [3.05, 3.63) is 107 Å². The molecule has 5 rings (SSSR count). The van der Waals surface area contributed by atoms with Gasteiger partial charge in [0.25, 0.3) is 5.56 Å². The topological polar surface area (TPSA) is 109 Å². The Labute approximate surface area is 269 Å². The summed E-state index contributed by atoms with van der Waals surface area (Å²) >= 11 is 7.46. The lowest BCUT2D eigenvalue weighted by Gasteiger charge is -2.26. The largest absolute Gasteiger partial charge is 0.496 e. The van der Waals surface area contributed by atoms with E-state index in [1.165, 1.54) is 15.9 Å². The molecule has 1 aliphatic rings. The number of rotatable bonds is 10. The first-order valence-electron chi connectivity index (χ1n) is 14.6. The van der Waals surface area contributed by atoms with Gasteiger partial charge in [0, 0.05) is 22.2 Å². The predicted octanol–water partition coefficient (Wildman–Crippen LogP) is 6.07. The van der Waals surface area contributed by atoms with E-state index in [1.54, 1.807) is 70.4 Å². The predicted molar refractivity (Wildman–Crippen MR) is 172 cm³/mol. The van der Waals surface area contributed by atoms with E-state index in [4.69, 9.17) is 35.2 Å². The van der Waals surface area contributed by atoms with Gasteiger partial charge in [-0.2, -0.15) is 0 Å². The van der Waals surface area contributed by atoms with Crippen LogP contribution in [0.1, 0.15) is 68.3 Å². The molecule has 45 heavy (non-hydrogen) atoms. The third-order valence-electron chi connectivity index (χ3n) is 7.04. The fourth-order valence-corrected chi connectivity index (χ4v) is 6.36. The number of carbonyl (C=O) groups is 2. The monoisotopic (exact) mass is 648 g/mol. The molecule has 2 aromatic heterocycles. The number of benzene rings is 2. The van der Waals surface area contributed by atoms with E-state index in [2.05, 4.69) is 0 Å². The number of hydrogen-bond acceptors (Lipinski definition) is 9. The fraction of sp³-hybridized carbons (Fsp3) is 0.294. The van der Waals surface area contributed by atoms with Crippen LogP contribution in [0.4, 0.5) is 0 Å². The highest BCUT2D eigenvalue weighted by Gasteiger charge is 2.36. The second-order valence-electron chi connectivity index (χ2n) is 10.5. The number of para-hydroxylation sites is 1. The van der Waals surface area contributed by atoms with Gasteiger partial charge < -0.3 is 18.6 Å². The van der Waals surface area contributed by atoms with Crippen LogP contribution in [0.5, 0.6) is 5.75 Å². The van der Waals surface area contributed by atoms with Gasteiger partial charge in [-0.1, -0.05) is 54.5 Å². The van der Waals surface area contributed by atoms with E-state index in [9.17, 15) is 14.4 Å². The van der Waals surface area contributed by atoms with E-state index in [1.807, 2.05) is 25.1 Å². The third kappa shape index (κ3) is 6.53. The Morgan fingerprint density at radius 2 is 1.89 bits per heavy atom. The van der Waals surface area contributed by atoms with Crippen molar-refractivity contribution in [3.63, 3.8) is 0 Å². The van der Waals surface area contributed by atoms with Crippen LogP contribution in [0, 0.1) is 0 Å². The van der Waals surface area contributed by atoms with Crippen LogP contribution >= 0.6 is 22.9 Å².